The standard InChI is InChI=1S/C9H16N2O2/c1-7(12)4-6-11-5-2-3-8(11)9(10)13/h8H,2-6H2,1H3,(H2,10,13). The molecule has 74 valence electrons. The van der Waals surface area contributed by atoms with Crippen molar-refractivity contribution < 1.29 is 9.59 Å². The van der Waals surface area contributed by atoms with Crippen molar-refractivity contribution >= 4 is 11.7 Å². The fraction of sp³-hybridized carbons (Fsp3) is 0.778. The zero-order valence-electron chi connectivity index (χ0n) is 7.95. The minimum atomic E-state index is -0.263. The fourth-order valence-corrected chi connectivity index (χ4v) is 1.72. The Bertz CT molecular complexity index is 216. The Labute approximate surface area is 78.1 Å². The van der Waals surface area contributed by atoms with E-state index in [2.05, 4.69) is 0 Å². The average molecular weight is 184 g/mol. The van der Waals surface area contributed by atoms with E-state index in [0.29, 0.717) is 13.0 Å². The van der Waals surface area contributed by atoms with Crippen LogP contribution in [0, 0.1) is 0 Å². The van der Waals surface area contributed by atoms with Gasteiger partial charge in [0.25, 0.3) is 0 Å². The lowest BCUT2D eigenvalue weighted by Gasteiger charge is -2.20. The van der Waals surface area contributed by atoms with Gasteiger partial charge in [-0.15, -0.1) is 0 Å². The van der Waals surface area contributed by atoms with Gasteiger partial charge in [0.15, 0.2) is 0 Å². The number of carbonyl (C=O) groups is 2. The lowest BCUT2D eigenvalue weighted by molar-refractivity contribution is -0.123. The van der Waals surface area contributed by atoms with Crippen LogP contribution in [0.5, 0.6) is 0 Å². The highest BCUT2D eigenvalue weighted by atomic mass is 16.1. The van der Waals surface area contributed by atoms with Crippen molar-refractivity contribution in [2.45, 2.75) is 32.2 Å². The number of amides is 1. The van der Waals surface area contributed by atoms with E-state index >= 15 is 0 Å². The summed E-state index contributed by atoms with van der Waals surface area (Å²) in [7, 11) is 0. The van der Waals surface area contributed by atoms with Crippen LogP contribution in [-0.2, 0) is 9.59 Å². The van der Waals surface area contributed by atoms with Gasteiger partial charge in [-0.05, 0) is 26.3 Å². The Morgan fingerprint density at radius 3 is 2.77 bits per heavy atom. The van der Waals surface area contributed by atoms with Crippen LogP contribution in [0.25, 0.3) is 0 Å². The second kappa shape index (κ2) is 4.37. The third-order valence-corrected chi connectivity index (χ3v) is 2.44. The van der Waals surface area contributed by atoms with Crippen LogP contribution < -0.4 is 5.73 Å². The van der Waals surface area contributed by atoms with E-state index in [1.54, 1.807) is 6.92 Å². The van der Waals surface area contributed by atoms with Crippen LogP contribution in [0.4, 0.5) is 0 Å². The number of Topliss-reactive ketones (excluding diaryl/α,β-unsaturated/α-hetero) is 1. The van der Waals surface area contributed by atoms with Crippen LogP contribution >= 0.6 is 0 Å². The maximum absolute atomic E-state index is 11.0. The number of ketones is 1. The highest BCUT2D eigenvalue weighted by molar-refractivity contribution is 5.80. The summed E-state index contributed by atoms with van der Waals surface area (Å²) in [5.41, 5.74) is 5.23. The van der Waals surface area contributed by atoms with Crippen LogP contribution in [0.2, 0.25) is 0 Å². The van der Waals surface area contributed by atoms with E-state index < -0.39 is 0 Å². The van der Waals surface area contributed by atoms with Gasteiger partial charge in [0.1, 0.15) is 5.78 Å². The quantitative estimate of drug-likeness (QED) is 0.664. The van der Waals surface area contributed by atoms with Crippen molar-refractivity contribution in [2.24, 2.45) is 5.73 Å². The van der Waals surface area contributed by atoms with E-state index in [-0.39, 0.29) is 17.7 Å². The molecule has 4 heteroatoms. The lowest BCUT2D eigenvalue weighted by atomic mass is 10.2. The van der Waals surface area contributed by atoms with Crippen LogP contribution in [-0.4, -0.2) is 35.7 Å². The van der Waals surface area contributed by atoms with E-state index in [9.17, 15) is 9.59 Å². The van der Waals surface area contributed by atoms with E-state index in [0.717, 1.165) is 19.4 Å². The summed E-state index contributed by atoms with van der Waals surface area (Å²) >= 11 is 0. The van der Waals surface area contributed by atoms with Gasteiger partial charge in [0.2, 0.25) is 5.91 Å². The van der Waals surface area contributed by atoms with Crippen molar-refractivity contribution in [3.63, 3.8) is 0 Å². The zero-order chi connectivity index (χ0) is 9.84. The molecule has 0 spiro atoms. The molecule has 0 aromatic carbocycles. The largest absolute Gasteiger partial charge is 0.368 e. The van der Waals surface area contributed by atoms with Crippen molar-refractivity contribution in [2.75, 3.05) is 13.1 Å². The highest BCUT2D eigenvalue weighted by Gasteiger charge is 2.28. The minimum absolute atomic E-state index is 0.139. The molecule has 1 unspecified atom stereocenters. The number of rotatable bonds is 4. The molecule has 2 N–H and O–H groups in total. The first-order chi connectivity index (χ1) is 6.11. The van der Waals surface area contributed by atoms with Gasteiger partial charge in [0.05, 0.1) is 6.04 Å². The molecule has 1 aliphatic rings. The lowest BCUT2D eigenvalue weighted by Crippen LogP contribution is -2.41. The van der Waals surface area contributed by atoms with Gasteiger partial charge in [-0.25, -0.2) is 0 Å². The molecule has 0 aromatic heterocycles. The molecule has 1 saturated heterocycles. The molecule has 1 atom stereocenters. The Morgan fingerprint density at radius 2 is 2.23 bits per heavy atom. The molecule has 0 radical (unpaired) electrons. The summed E-state index contributed by atoms with van der Waals surface area (Å²) in [5, 5.41) is 0. The minimum Gasteiger partial charge on any atom is -0.368 e. The maximum atomic E-state index is 11.0. The van der Waals surface area contributed by atoms with Crippen molar-refractivity contribution in [1.29, 1.82) is 0 Å². The summed E-state index contributed by atoms with van der Waals surface area (Å²) in [4.78, 5) is 23.7. The first-order valence-corrected chi connectivity index (χ1v) is 4.64. The number of hydrogen-bond donors (Lipinski definition) is 1. The number of likely N-dealkylation sites (tertiary alicyclic amines) is 1. The molecule has 4 nitrogen and oxygen atoms in total. The number of nitrogens with zero attached hydrogens (tertiary/aromatic N) is 1. The zero-order valence-corrected chi connectivity index (χ0v) is 7.95. The second-order valence-corrected chi connectivity index (χ2v) is 3.55. The number of hydrogen-bond acceptors (Lipinski definition) is 3. The molecule has 0 aromatic rings. The van der Waals surface area contributed by atoms with Gasteiger partial charge in [-0.1, -0.05) is 0 Å². The monoisotopic (exact) mass is 184 g/mol. The molecule has 1 amide bonds. The SMILES string of the molecule is CC(=O)CCN1CCCC1C(N)=O. The van der Waals surface area contributed by atoms with E-state index in [1.165, 1.54) is 0 Å². The first kappa shape index (κ1) is 10.2. The summed E-state index contributed by atoms with van der Waals surface area (Å²) in [5.74, 6) is -0.101. The molecule has 1 fully saturated rings. The molecule has 0 aliphatic carbocycles. The summed E-state index contributed by atoms with van der Waals surface area (Å²) in [6.07, 6.45) is 2.36. The normalized spacial score (nSPS) is 23.3. The average Bonchev–Trinajstić information content (AvgIpc) is 2.47. The molecule has 1 aliphatic heterocycles. The predicted octanol–water partition coefficient (Wildman–Crippen LogP) is -0.0848. The fourth-order valence-electron chi connectivity index (χ4n) is 1.72. The molecule has 1 rings (SSSR count). The molecular formula is C9H16N2O2. The number of nitrogens with two attached hydrogens (primary N) is 1. The number of carbonyl (C=O) groups excluding carboxylic acids is 2. The summed E-state index contributed by atoms with van der Waals surface area (Å²) < 4.78 is 0. The van der Waals surface area contributed by atoms with Gasteiger partial charge in [-0.2, -0.15) is 0 Å². The second-order valence-electron chi connectivity index (χ2n) is 3.55. The van der Waals surface area contributed by atoms with Crippen LogP contribution in [0.15, 0.2) is 0 Å². The Morgan fingerprint density at radius 1 is 1.54 bits per heavy atom. The Balaban J connectivity index is 2.39. The Hall–Kier alpha value is -0.900. The van der Waals surface area contributed by atoms with E-state index in [4.69, 9.17) is 5.73 Å². The Kier molecular flexibility index (Phi) is 3.42. The van der Waals surface area contributed by atoms with Gasteiger partial charge < -0.3 is 5.73 Å². The topological polar surface area (TPSA) is 63.4 Å². The molecular weight excluding hydrogens is 168 g/mol. The third-order valence-electron chi connectivity index (χ3n) is 2.44. The summed E-state index contributed by atoms with van der Waals surface area (Å²) in [6.45, 7) is 3.12. The summed E-state index contributed by atoms with van der Waals surface area (Å²) in [6, 6.07) is -0.139. The van der Waals surface area contributed by atoms with Crippen molar-refractivity contribution in [3.8, 4) is 0 Å². The van der Waals surface area contributed by atoms with Crippen LogP contribution in [0.1, 0.15) is 26.2 Å². The smallest absolute Gasteiger partial charge is 0.234 e. The van der Waals surface area contributed by atoms with E-state index in [1.807, 2.05) is 4.90 Å². The molecule has 13 heavy (non-hydrogen) atoms. The first-order valence-electron chi connectivity index (χ1n) is 4.64. The molecule has 0 saturated carbocycles. The predicted molar refractivity (Wildman–Crippen MR) is 49.1 cm³/mol. The third kappa shape index (κ3) is 2.81. The van der Waals surface area contributed by atoms with Crippen LogP contribution in [0.3, 0.4) is 0 Å². The van der Waals surface area contributed by atoms with Gasteiger partial charge >= 0.3 is 0 Å². The van der Waals surface area contributed by atoms with Crippen molar-refractivity contribution in [3.05, 3.63) is 0 Å². The molecule has 0 bridgehead atoms. The van der Waals surface area contributed by atoms with Gasteiger partial charge in [0, 0.05) is 13.0 Å². The molecule has 1 heterocycles. The number of primary amides is 1. The van der Waals surface area contributed by atoms with Crippen molar-refractivity contribution in [1.82, 2.24) is 4.90 Å². The van der Waals surface area contributed by atoms with Gasteiger partial charge in [-0.3, -0.25) is 14.5 Å². The highest BCUT2D eigenvalue weighted by Crippen LogP contribution is 2.16. The maximum Gasteiger partial charge on any atom is 0.234 e.